The van der Waals surface area contributed by atoms with Crippen molar-refractivity contribution in [3.63, 3.8) is 0 Å². The van der Waals surface area contributed by atoms with Crippen LogP contribution < -0.4 is 11.1 Å². The molecule has 2 atom stereocenters. The lowest BCUT2D eigenvalue weighted by molar-refractivity contribution is -0.136. The molecule has 1 aromatic heterocycles. The van der Waals surface area contributed by atoms with Crippen molar-refractivity contribution in [2.75, 3.05) is 13.1 Å². The third kappa shape index (κ3) is 5.88. The Kier molecular flexibility index (Phi) is 10.5. The summed E-state index contributed by atoms with van der Waals surface area (Å²) in [6.07, 6.45) is 4.78. The van der Waals surface area contributed by atoms with E-state index in [1.54, 1.807) is 17.5 Å². The van der Waals surface area contributed by atoms with Gasteiger partial charge in [-0.05, 0) is 25.2 Å². The van der Waals surface area contributed by atoms with Crippen molar-refractivity contribution >= 4 is 48.0 Å². The minimum atomic E-state index is -0.580. The van der Waals surface area contributed by atoms with Crippen molar-refractivity contribution in [3.05, 3.63) is 16.6 Å². The van der Waals surface area contributed by atoms with E-state index < -0.39 is 6.04 Å². The molecule has 0 radical (unpaired) electrons. The Morgan fingerprint density at radius 1 is 1.42 bits per heavy atom. The molecule has 1 fully saturated rings. The number of piperidine rings is 1. The Labute approximate surface area is 159 Å². The van der Waals surface area contributed by atoms with E-state index in [-0.39, 0.29) is 55.1 Å². The second kappa shape index (κ2) is 10.9. The van der Waals surface area contributed by atoms with Crippen molar-refractivity contribution in [2.24, 2.45) is 11.7 Å². The van der Waals surface area contributed by atoms with Crippen LogP contribution in [0.3, 0.4) is 0 Å². The van der Waals surface area contributed by atoms with E-state index in [0.717, 1.165) is 30.8 Å². The maximum atomic E-state index is 12.4. The Bertz CT molecular complexity index is 514. The highest BCUT2D eigenvalue weighted by molar-refractivity contribution is 7.09. The summed E-state index contributed by atoms with van der Waals surface area (Å²) >= 11 is 1.57. The number of aromatic nitrogens is 1. The molecule has 2 rings (SSSR count). The highest BCUT2D eigenvalue weighted by atomic mass is 35.5. The van der Waals surface area contributed by atoms with Crippen LogP contribution in [0.2, 0.25) is 0 Å². The number of nitrogens with one attached hydrogen (secondary N) is 1. The lowest BCUT2D eigenvalue weighted by atomic mass is 10.0. The van der Waals surface area contributed by atoms with Crippen LogP contribution in [0.15, 0.2) is 11.6 Å². The number of carbonyl (C=O) groups is 2. The molecule has 2 heterocycles. The third-order valence-electron chi connectivity index (χ3n) is 3.99. The van der Waals surface area contributed by atoms with Crippen molar-refractivity contribution in [1.29, 1.82) is 0 Å². The number of amides is 2. The second-order valence-electron chi connectivity index (χ2n) is 5.96. The molecule has 0 aromatic carbocycles. The van der Waals surface area contributed by atoms with E-state index in [1.165, 1.54) is 0 Å². The van der Waals surface area contributed by atoms with Crippen molar-refractivity contribution in [2.45, 2.75) is 45.2 Å². The second-order valence-corrected chi connectivity index (χ2v) is 6.88. The summed E-state index contributed by atoms with van der Waals surface area (Å²) in [6, 6.07) is -0.541. The van der Waals surface area contributed by atoms with Crippen molar-refractivity contribution in [3.8, 4) is 0 Å². The van der Waals surface area contributed by atoms with Crippen molar-refractivity contribution in [1.82, 2.24) is 15.2 Å². The van der Waals surface area contributed by atoms with Gasteiger partial charge in [0.1, 0.15) is 5.01 Å². The monoisotopic (exact) mass is 396 g/mol. The number of likely N-dealkylation sites (tertiary alicyclic amines) is 1. The highest BCUT2D eigenvalue weighted by Crippen LogP contribution is 2.31. The molecule has 3 N–H and O–H groups in total. The van der Waals surface area contributed by atoms with Crippen LogP contribution in [0.25, 0.3) is 0 Å². The molecular formula is C15H26Cl2N4O2S. The molecule has 1 aliphatic heterocycles. The molecule has 24 heavy (non-hydrogen) atoms. The van der Waals surface area contributed by atoms with Gasteiger partial charge in [-0.1, -0.05) is 13.8 Å². The SMILES string of the molecule is CC(C)[C@H](N)C(=O)NCC(=O)N1CCCCC1c1nccs1.Cl.Cl. The van der Waals surface area contributed by atoms with Crippen LogP contribution in [0.4, 0.5) is 0 Å². The summed E-state index contributed by atoms with van der Waals surface area (Å²) in [4.78, 5) is 30.5. The largest absolute Gasteiger partial charge is 0.346 e. The highest BCUT2D eigenvalue weighted by Gasteiger charge is 2.30. The average molecular weight is 397 g/mol. The molecule has 0 spiro atoms. The Balaban J connectivity index is 0.00000264. The fourth-order valence-electron chi connectivity index (χ4n) is 2.57. The molecule has 1 unspecified atom stereocenters. The minimum Gasteiger partial charge on any atom is -0.346 e. The molecule has 138 valence electrons. The van der Waals surface area contributed by atoms with Crippen LogP contribution in [0.1, 0.15) is 44.2 Å². The van der Waals surface area contributed by atoms with E-state index in [0.29, 0.717) is 0 Å². The number of rotatable bonds is 5. The van der Waals surface area contributed by atoms with Crippen LogP contribution in [-0.2, 0) is 9.59 Å². The first-order chi connectivity index (χ1) is 10.5. The first kappa shape index (κ1) is 23.1. The fraction of sp³-hybridized carbons (Fsp3) is 0.667. The van der Waals surface area contributed by atoms with Gasteiger partial charge in [-0.2, -0.15) is 0 Å². The van der Waals surface area contributed by atoms with Crippen LogP contribution >= 0.6 is 36.2 Å². The Morgan fingerprint density at radius 3 is 2.71 bits per heavy atom. The molecule has 1 aromatic rings. The zero-order valence-corrected chi connectivity index (χ0v) is 16.4. The van der Waals surface area contributed by atoms with Gasteiger partial charge in [0.15, 0.2) is 0 Å². The number of hydrogen-bond acceptors (Lipinski definition) is 5. The summed E-state index contributed by atoms with van der Waals surface area (Å²) < 4.78 is 0. The summed E-state index contributed by atoms with van der Waals surface area (Å²) in [6.45, 7) is 4.49. The average Bonchev–Trinajstić information content (AvgIpc) is 3.05. The molecular weight excluding hydrogens is 371 g/mol. The van der Waals surface area contributed by atoms with E-state index >= 15 is 0 Å². The topological polar surface area (TPSA) is 88.3 Å². The van der Waals surface area contributed by atoms with Crippen LogP contribution in [0, 0.1) is 5.92 Å². The van der Waals surface area contributed by atoms with Gasteiger partial charge in [-0.3, -0.25) is 9.59 Å². The van der Waals surface area contributed by atoms with Gasteiger partial charge in [-0.15, -0.1) is 36.2 Å². The molecule has 1 aliphatic rings. The lowest BCUT2D eigenvalue weighted by Gasteiger charge is -2.34. The molecule has 0 aliphatic carbocycles. The van der Waals surface area contributed by atoms with E-state index in [4.69, 9.17) is 5.73 Å². The predicted molar refractivity (Wildman–Crippen MR) is 101 cm³/mol. The number of carbonyl (C=O) groups excluding carboxylic acids is 2. The van der Waals surface area contributed by atoms with E-state index in [9.17, 15) is 9.59 Å². The quantitative estimate of drug-likeness (QED) is 0.797. The van der Waals surface area contributed by atoms with Gasteiger partial charge in [0.05, 0.1) is 18.6 Å². The normalized spacial score (nSPS) is 18.3. The molecule has 2 amide bonds. The van der Waals surface area contributed by atoms with Gasteiger partial charge in [-0.25, -0.2) is 4.98 Å². The predicted octanol–water partition coefficient (Wildman–Crippen LogP) is 2.14. The van der Waals surface area contributed by atoms with E-state index in [1.807, 2.05) is 24.1 Å². The molecule has 0 saturated carbocycles. The van der Waals surface area contributed by atoms with Gasteiger partial charge in [0, 0.05) is 18.1 Å². The third-order valence-corrected chi connectivity index (χ3v) is 4.87. The molecule has 6 nitrogen and oxygen atoms in total. The summed E-state index contributed by atoms with van der Waals surface area (Å²) in [5.41, 5.74) is 5.78. The van der Waals surface area contributed by atoms with Gasteiger partial charge >= 0.3 is 0 Å². The number of halogens is 2. The smallest absolute Gasteiger partial charge is 0.242 e. The number of thiazole rings is 1. The fourth-order valence-corrected chi connectivity index (χ4v) is 3.36. The maximum Gasteiger partial charge on any atom is 0.242 e. The van der Waals surface area contributed by atoms with Gasteiger partial charge in [0.2, 0.25) is 11.8 Å². The lowest BCUT2D eigenvalue weighted by Crippen LogP contribution is -2.49. The van der Waals surface area contributed by atoms with Gasteiger partial charge < -0.3 is 16.0 Å². The Morgan fingerprint density at radius 2 is 2.12 bits per heavy atom. The Hall–Kier alpha value is -0.890. The summed E-state index contributed by atoms with van der Waals surface area (Å²) in [5, 5.41) is 5.55. The summed E-state index contributed by atoms with van der Waals surface area (Å²) in [5.74, 6) is -0.288. The number of nitrogens with two attached hydrogens (primary N) is 1. The molecule has 0 bridgehead atoms. The van der Waals surface area contributed by atoms with Gasteiger partial charge in [0.25, 0.3) is 0 Å². The van der Waals surface area contributed by atoms with Crippen molar-refractivity contribution < 1.29 is 9.59 Å². The maximum absolute atomic E-state index is 12.4. The van der Waals surface area contributed by atoms with Crippen LogP contribution in [0.5, 0.6) is 0 Å². The first-order valence-electron chi connectivity index (χ1n) is 7.73. The molecule has 1 saturated heterocycles. The number of nitrogens with zero attached hydrogens (tertiary/aromatic N) is 2. The standard InChI is InChI=1S/C15H24N4O2S.2ClH/c1-10(2)13(16)14(21)18-9-12(20)19-7-4-3-5-11(19)15-17-6-8-22-15;;/h6,8,10-11,13H,3-5,7,9,16H2,1-2H3,(H,18,21);2*1H/t11?,13-;;/m0../s1. The zero-order chi connectivity index (χ0) is 16.1. The van der Waals surface area contributed by atoms with E-state index in [2.05, 4.69) is 10.3 Å². The summed E-state index contributed by atoms with van der Waals surface area (Å²) in [7, 11) is 0. The zero-order valence-electron chi connectivity index (χ0n) is 13.9. The minimum absolute atomic E-state index is 0. The number of hydrogen-bond donors (Lipinski definition) is 2. The molecule has 9 heteroatoms. The van der Waals surface area contributed by atoms with Crippen LogP contribution in [-0.4, -0.2) is 40.8 Å². The first-order valence-corrected chi connectivity index (χ1v) is 8.60.